The average Bonchev–Trinajstić information content (AvgIpc) is 2.74. The van der Waals surface area contributed by atoms with Gasteiger partial charge in [-0.25, -0.2) is 4.98 Å². The number of aliphatic carboxylic acids is 1. The van der Waals surface area contributed by atoms with Gasteiger partial charge in [0.2, 0.25) is 0 Å². The highest BCUT2D eigenvalue weighted by atomic mass is 35.5. The summed E-state index contributed by atoms with van der Waals surface area (Å²) >= 11 is 12.4. The van der Waals surface area contributed by atoms with Gasteiger partial charge in [0.05, 0.1) is 6.42 Å². The van der Waals surface area contributed by atoms with Gasteiger partial charge in [-0.2, -0.15) is 0 Å². The molecule has 8 heteroatoms. The molecule has 1 aromatic carbocycles. The van der Waals surface area contributed by atoms with Gasteiger partial charge < -0.3 is 15.3 Å². The number of aryl methyl sites for hydroxylation is 1. The normalized spacial score (nSPS) is 20.4. The first-order valence-corrected chi connectivity index (χ1v) is 12.9. The second kappa shape index (κ2) is 9.65. The van der Waals surface area contributed by atoms with Gasteiger partial charge in [0.1, 0.15) is 5.82 Å². The van der Waals surface area contributed by atoms with Crippen molar-refractivity contribution in [2.24, 2.45) is 5.41 Å². The van der Waals surface area contributed by atoms with Crippen molar-refractivity contribution in [2.75, 3.05) is 38.5 Å². The van der Waals surface area contributed by atoms with E-state index in [0.717, 1.165) is 68.9 Å². The zero-order valence-electron chi connectivity index (χ0n) is 19.6. The third kappa shape index (κ3) is 5.06. The topological polar surface area (TPSA) is 68.7 Å². The molecule has 2 aliphatic heterocycles. The summed E-state index contributed by atoms with van der Waals surface area (Å²) in [6.07, 6.45) is 5.52. The van der Waals surface area contributed by atoms with E-state index >= 15 is 0 Å². The zero-order valence-corrected chi connectivity index (χ0v) is 21.1. The summed E-state index contributed by atoms with van der Waals surface area (Å²) < 4.78 is 0. The number of nitrogens with one attached hydrogen (secondary N) is 1. The molecule has 1 aliphatic carbocycles. The summed E-state index contributed by atoms with van der Waals surface area (Å²) in [4.78, 5) is 21.1. The Morgan fingerprint density at radius 3 is 2.71 bits per heavy atom. The molecular weight excluding hydrogens is 471 g/mol. The Bertz CT molecular complexity index is 1040. The fourth-order valence-electron chi connectivity index (χ4n) is 6.01. The zero-order chi connectivity index (χ0) is 23.9. The molecule has 0 unspecified atom stereocenters. The van der Waals surface area contributed by atoms with Crippen LogP contribution in [0.1, 0.15) is 48.5 Å². The van der Waals surface area contributed by atoms with Crippen LogP contribution < -0.4 is 5.32 Å². The summed E-state index contributed by atoms with van der Waals surface area (Å²) in [7, 11) is 2.03. The Labute approximate surface area is 211 Å². The second-order valence-electron chi connectivity index (χ2n) is 10.3. The molecule has 2 fully saturated rings. The van der Waals surface area contributed by atoms with Gasteiger partial charge in [0.25, 0.3) is 0 Å². The number of likely N-dealkylation sites (tertiary alicyclic amines) is 1. The summed E-state index contributed by atoms with van der Waals surface area (Å²) in [5, 5.41) is 14.0. The van der Waals surface area contributed by atoms with Crippen molar-refractivity contribution in [2.45, 2.75) is 50.6 Å². The van der Waals surface area contributed by atoms with Gasteiger partial charge in [0.15, 0.2) is 0 Å². The molecule has 34 heavy (non-hydrogen) atoms. The minimum atomic E-state index is -0.817. The van der Waals surface area contributed by atoms with Gasteiger partial charge in [0, 0.05) is 60.4 Å². The SMILES string of the molecule is CN(C1CC2(C1)CN(CCc1ccc3c(n1)NCCC3)C2)[C@@H](CC(=O)O)c1cc(Cl)cc(Cl)c1. The van der Waals surface area contributed by atoms with Gasteiger partial charge in [-0.1, -0.05) is 29.3 Å². The smallest absolute Gasteiger partial charge is 0.305 e. The molecule has 1 aromatic heterocycles. The number of rotatable bonds is 8. The lowest BCUT2D eigenvalue weighted by Crippen LogP contribution is -2.66. The van der Waals surface area contributed by atoms with Gasteiger partial charge in [-0.15, -0.1) is 0 Å². The molecule has 3 aliphatic rings. The maximum atomic E-state index is 11.6. The molecule has 6 nitrogen and oxygen atoms in total. The minimum absolute atomic E-state index is 0.0332. The lowest BCUT2D eigenvalue weighted by atomic mass is 9.60. The first-order chi connectivity index (χ1) is 16.3. The summed E-state index contributed by atoms with van der Waals surface area (Å²) in [5.41, 5.74) is 3.75. The Balaban J connectivity index is 1.13. The van der Waals surface area contributed by atoms with E-state index in [1.807, 2.05) is 19.2 Å². The number of aromatic nitrogens is 1. The Morgan fingerprint density at radius 1 is 1.26 bits per heavy atom. The number of carboxylic acids is 1. The Hall–Kier alpha value is -1.86. The van der Waals surface area contributed by atoms with Crippen LogP contribution in [0.5, 0.6) is 0 Å². The quantitative estimate of drug-likeness (QED) is 0.534. The number of hydrogen-bond acceptors (Lipinski definition) is 5. The van der Waals surface area contributed by atoms with Crippen molar-refractivity contribution in [3.05, 3.63) is 57.2 Å². The molecule has 0 amide bonds. The molecule has 0 bridgehead atoms. The molecule has 182 valence electrons. The van der Waals surface area contributed by atoms with E-state index in [2.05, 4.69) is 27.2 Å². The summed E-state index contributed by atoms with van der Waals surface area (Å²) in [6.45, 7) is 4.29. The van der Waals surface area contributed by atoms with Gasteiger partial charge >= 0.3 is 5.97 Å². The van der Waals surface area contributed by atoms with Crippen LogP contribution in [-0.2, 0) is 17.6 Å². The molecule has 2 N–H and O–H groups in total. The van der Waals surface area contributed by atoms with Crippen LogP contribution in [0.3, 0.4) is 0 Å². The van der Waals surface area contributed by atoms with Crippen LogP contribution in [0.25, 0.3) is 0 Å². The average molecular weight is 503 g/mol. The van der Waals surface area contributed by atoms with E-state index in [9.17, 15) is 9.90 Å². The third-order valence-corrected chi connectivity index (χ3v) is 8.23. The van der Waals surface area contributed by atoms with E-state index in [1.165, 1.54) is 12.0 Å². The van der Waals surface area contributed by atoms with Crippen LogP contribution >= 0.6 is 23.2 Å². The molecule has 5 rings (SSSR count). The van der Waals surface area contributed by atoms with Crippen molar-refractivity contribution in [1.29, 1.82) is 0 Å². The fourth-order valence-corrected chi connectivity index (χ4v) is 6.55. The number of halogens is 2. The fraction of sp³-hybridized carbons (Fsp3) is 0.538. The predicted octanol–water partition coefficient (Wildman–Crippen LogP) is 4.90. The highest BCUT2D eigenvalue weighted by Crippen LogP contribution is 2.51. The van der Waals surface area contributed by atoms with Crippen molar-refractivity contribution in [3.63, 3.8) is 0 Å². The van der Waals surface area contributed by atoms with Gasteiger partial charge in [-0.3, -0.25) is 9.69 Å². The standard InChI is InChI=1S/C26H32Cl2N4O2/c1-31(23(12-24(33)34)18-9-19(27)11-20(28)10-18)22-13-26(14-22)15-32(16-26)8-6-21-5-4-17-3-2-7-29-25(17)30-21/h4-5,9-11,22-23H,2-3,6-8,12-16H2,1H3,(H,29,30)(H,33,34)/t23-/m0/s1. The van der Waals surface area contributed by atoms with Crippen LogP contribution in [0.4, 0.5) is 5.82 Å². The Morgan fingerprint density at radius 2 is 2.00 bits per heavy atom. The number of carbonyl (C=O) groups is 1. The molecule has 1 saturated carbocycles. The minimum Gasteiger partial charge on any atom is -0.481 e. The molecule has 1 spiro atoms. The van der Waals surface area contributed by atoms with Gasteiger partial charge in [-0.05, 0) is 73.5 Å². The van der Waals surface area contributed by atoms with E-state index in [0.29, 0.717) is 21.5 Å². The first kappa shape index (κ1) is 23.9. The van der Waals surface area contributed by atoms with E-state index in [4.69, 9.17) is 28.2 Å². The third-order valence-electron chi connectivity index (χ3n) is 7.80. The number of hydrogen-bond donors (Lipinski definition) is 2. The second-order valence-corrected chi connectivity index (χ2v) is 11.2. The number of fused-ring (bicyclic) bond motifs is 1. The number of carboxylic acid groups (broad SMARTS) is 1. The highest BCUT2D eigenvalue weighted by molar-refractivity contribution is 6.34. The number of nitrogens with zero attached hydrogens (tertiary/aromatic N) is 3. The monoisotopic (exact) mass is 502 g/mol. The van der Waals surface area contributed by atoms with Crippen LogP contribution in [0, 0.1) is 5.41 Å². The molecular formula is C26H32Cl2N4O2. The molecule has 2 aromatic rings. The molecule has 1 saturated heterocycles. The number of anilines is 1. The van der Waals surface area contributed by atoms with E-state index < -0.39 is 5.97 Å². The Kier molecular flexibility index (Phi) is 6.77. The van der Waals surface area contributed by atoms with Crippen LogP contribution in [0.2, 0.25) is 10.0 Å². The largest absolute Gasteiger partial charge is 0.481 e. The van der Waals surface area contributed by atoms with Crippen LogP contribution in [0.15, 0.2) is 30.3 Å². The number of benzene rings is 1. The summed E-state index contributed by atoms with van der Waals surface area (Å²) in [6, 6.07) is 9.90. The van der Waals surface area contributed by atoms with Crippen molar-refractivity contribution in [3.8, 4) is 0 Å². The highest BCUT2D eigenvalue weighted by Gasteiger charge is 2.53. The lowest BCUT2D eigenvalue weighted by molar-refractivity contribution is -0.141. The maximum absolute atomic E-state index is 11.6. The summed E-state index contributed by atoms with van der Waals surface area (Å²) in [5.74, 6) is 0.258. The first-order valence-electron chi connectivity index (χ1n) is 12.1. The van der Waals surface area contributed by atoms with E-state index in [1.54, 1.807) is 6.07 Å². The van der Waals surface area contributed by atoms with Crippen LogP contribution in [-0.4, -0.2) is 65.1 Å². The maximum Gasteiger partial charge on any atom is 0.305 e. The number of pyridine rings is 1. The van der Waals surface area contributed by atoms with E-state index in [-0.39, 0.29) is 12.5 Å². The molecule has 1 atom stereocenters. The van der Waals surface area contributed by atoms with Crippen molar-refractivity contribution < 1.29 is 9.90 Å². The van der Waals surface area contributed by atoms with Crippen molar-refractivity contribution in [1.82, 2.24) is 14.8 Å². The molecule has 3 heterocycles. The predicted molar refractivity (Wildman–Crippen MR) is 136 cm³/mol. The lowest BCUT2D eigenvalue weighted by Gasteiger charge is -2.61. The van der Waals surface area contributed by atoms with Crippen molar-refractivity contribution >= 4 is 35.0 Å². The molecule has 0 radical (unpaired) electrons.